The van der Waals surface area contributed by atoms with Crippen LogP contribution in [0.4, 0.5) is 8.78 Å². The Hall–Kier alpha value is -1.24. The molecule has 2 rings (SSSR count). The maximum Gasteiger partial charge on any atom is 0.190 e. The van der Waals surface area contributed by atoms with Crippen molar-refractivity contribution in [1.29, 1.82) is 0 Å². The summed E-state index contributed by atoms with van der Waals surface area (Å²) in [5.74, 6) is -1.70. The number of hydrogen-bond donors (Lipinski definition) is 1. The van der Waals surface area contributed by atoms with Gasteiger partial charge in [-0.3, -0.25) is 0 Å². The van der Waals surface area contributed by atoms with Gasteiger partial charge in [0, 0.05) is 26.8 Å². The molecule has 1 fully saturated rings. The van der Waals surface area contributed by atoms with E-state index in [0.29, 0.717) is 31.9 Å². The van der Waals surface area contributed by atoms with Crippen LogP contribution in [0.3, 0.4) is 0 Å². The van der Waals surface area contributed by atoms with E-state index in [1.54, 1.807) is 7.11 Å². The maximum atomic E-state index is 13.9. The zero-order chi connectivity index (χ0) is 15.1. The van der Waals surface area contributed by atoms with Gasteiger partial charge in [0.1, 0.15) is 6.61 Å². The van der Waals surface area contributed by atoms with E-state index in [1.807, 2.05) is 0 Å². The first-order chi connectivity index (χ1) is 10.2. The normalized spacial score (nSPS) is 18.1. The van der Waals surface area contributed by atoms with Gasteiger partial charge in [0.25, 0.3) is 0 Å². The first kappa shape index (κ1) is 16.1. The van der Waals surface area contributed by atoms with E-state index in [1.165, 1.54) is 12.1 Å². The summed E-state index contributed by atoms with van der Waals surface area (Å²) in [5.41, 5.74) is 0.533. The van der Waals surface area contributed by atoms with Crippen LogP contribution in [0, 0.1) is 11.6 Å². The molecule has 1 heterocycles. The van der Waals surface area contributed by atoms with E-state index in [4.69, 9.17) is 14.2 Å². The van der Waals surface area contributed by atoms with Crippen molar-refractivity contribution in [2.24, 2.45) is 0 Å². The molecule has 1 unspecified atom stereocenters. The number of hydrogen-bond acceptors (Lipinski definition) is 4. The average Bonchev–Trinajstić information content (AvgIpc) is 2.96. The predicted molar refractivity (Wildman–Crippen MR) is 74.4 cm³/mol. The lowest BCUT2D eigenvalue weighted by Crippen LogP contribution is -2.19. The summed E-state index contributed by atoms with van der Waals surface area (Å²) in [7, 11) is 1.60. The van der Waals surface area contributed by atoms with Crippen molar-refractivity contribution < 1.29 is 23.0 Å². The molecule has 4 nitrogen and oxygen atoms in total. The number of halogens is 2. The molecule has 1 N–H and O–H groups in total. The first-order valence-corrected chi connectivity index (χ1v) is 7.12. The highest BCUT2D eigenvalue weighted by molar-refractivity contribution is 5.31. The Morgan fingerprint density at radius 1 is 1.33 bits per heavy atom. The molecule has 0 aromatic heterocycles. The minimum atomic E-state index is -0.684. The molecule has 1 aliphatic rings. The van der Waals surface area contributed by atoms with Gasteiger partial charge >= 0.3 is 0 Å². The summed E-state index contributed by atoms with van der Waals surface area (Å²) in [6.45, 7) is 2.41. The lowest BCUT2D eigenvalue weighted by molar-refractivity contribution is 0.0650. The summed E-state index contributed by atoms with van der Waals surface area (Å²) in [4.78, 5) is 0. The molecule has 0 bridgehead atoms. The van der Waals surface area contributed by atoms with Gasteiger partial charge in [-0.25, -0.2) is 8.78 Å². The van der Waals surface area contributed by atoms with Gasteiger partial charge in [0.15, 0.2) is 17.4 Å². The van der Waals surface area contributed by atoms with E-state index < -0.39 is 11.6 Å². The quantitative estimate of drug-likeness (QED) is 0.748. The van der Waals surface area contributed by atoms with E-state index >= 15 is 0 Å². The topological polar surface area (TPSA) is 39.7 Å². The van der Waals surface area contributed by atoms with Crippen molar-refractivity contribution in [1.82, 2.24) is 5.32 Å². The van der Waals surface area contributed by atoms with Gasteiger partial charge in [-0.2, -0.15) is 0 Å². The van der Waals surface area contributed by atoms with E-state index in [0.717, 1.165) is 12.8 Å². The molecule has 0 amide bonds. The molecule has 6 heteroatoms. The Labute approximate surface area is 123 Å². The van der Waals surface area contributed by atoms with E-state index in [2.05, 4.69) is 5.32 Å². The van der Waals surface area contributed by atoms with Crippen molar-refractivity contribution in [3.05, 3.63) is 29.3 Å². The number of methoxy groups -OCH3 is 1. The predicted octanol–water partition coefficient (Wildman–Crippen LogP) is 2.26. The molecule has 0 aliphatic carbocycles. The summed E-state index contributed by atoms with van der Waals surface area (Å²) in [6, 6.07) is 2.57. The highest BCUT2D eigenvalue weighted by atomic mass is 19.1. The van der Waals surface area contributed by atoms with Crippen molar-refractivity contribution in [2.45, 2.75) is 25.5 Å². The lowest BCUT2D eigenvalue weighted by Gasteiger charge is -2.13. The monoisotopic (exact) mass is 301 g/mol. The minimum Gasteiger partial charge on any atom is -0.485 e. The van der Waals surface area contributed by atoms with Crippen molar-refractivity contribution in [3.63, 3.8) is 0 Å². The second-order valence-corrected chi connectivity index (χ2v) is 5.00. The molecule has 0 saturated carbocycles. The average molecular weight is 301 g/mol. The Bertz CT molecular complexity index is 428. The van der Waals surface area contributed by atoms with Crippen molar-refractivity contribution >= 4 is 0 Å². The molecule has 118 valence electrons. The largest absolute Gasteiger partial charge is 0.485 e. The number of rotatable bonds is 8. The molecule has 21 heavy (non-hydrogen) atoms. The van der Waals surface area contributed by atoms with Gasteiger partial charge in [-0.05, 0) is 30.5 Å². The lowest BCUT2D eigenvalue weighted by atomic mass is 10.2. The molecule has 1 aromatic rings. The molecular formula is C15H21F2NO3. The smallest absolute Gasteiger partial charge is 0.190 e. The van der Waals surface area contributed by atoms with E-state index in [-0.39, 0.29) is 18.5 Å². The fraction of sp³-hybridized carbons (Fsp3) is 0.600. The van der Waals surface area contributed by atoms with Gasteiger partial charge in [0.2, 0.25) is 0 Å². The number of benzene rings is 1. The highest BCUT2D eigenvalue weighted by Gasteiger charge is 2.19. The van der Waals surface area contributed by atoms with Crippen LogP contribution in [0.5, 0.6) is 5.75 Å². The molecule has 1 saturated heterocycles. The van der Waals surface area contributed by atoms with Crippen LogP contribution in [-0.4, -0.2) is 39.6 Å². The fourth-order valence-electron chi connectivity index (χ4n) is 2.21. The van der Waals surface area contributed by atoms with Crippen LogP contribution >= 0.6 is 0 Å². The van der Waals surface area contributed by atoms with Crippen LogP contribution in [0.15, 0.2) is 12.1 Å². The highest BCUT2D eigenvalue weighted by Crippen LogP contribution is 2.24. The third-order valence-corrected chi connectivity index (χ3v) is 3.31. The van der Waals surface area contributed by atoms with E-state index in [9.17, 15) is 8.78 Å². The van der Waals surface area contributed by atoms with Crippen molar-refractivity contribution in [2.75, 3.05) is 33.5 Å². The molecule has 0 spiro atoms. The molecule has 0 radical (unpaired) electrons. The SMILES string of the molecule is COCCNCc1cc(F)c(OCC2CCCO2)c(F)c1. The summed E-state index contributed by atoms with van der Waals surface area (Å²) < 4.78 is 43.3. The second-order valence-electron chi connectivity index (χ2n) is 5.00. The zero-order valence-electron chi connectivity index (χ0n) is 12.2. The fourth-order valence-corrected chi connectivity index (χ4v) is 2.21. The first-order valence-electron chi connectivity index (χ1n) is 7.12. The number of ether oxygens (including phenoxy) is 3. The van der Waals surface area contributed by atoms with Crippen LogP contribution in [0.2, 0.25) is 0 Å². The molecule has 1 atom stereocenters. The van der Waals surface area contributed by atoms with Gasteiger partial charge in [0.05, 0.1) is 12.7 Å². The second kappa shape index (κ2) is 8.26. The van der Waals surface area contributed by atoms with Crippen LogP contribution in [-0.2, 0) is 16.0 Å². The van der Waals surface area contributed by atoms with Gasteiger partial charge in [-0.1, -0.05) is 0 Å². The van der Waals surface area contributed by atoms with Crippen LogP contribution in [0.25, 0.3) is 0 Å². The molecule has 1 aromatic carbocycles. The van der Waals surface area contributed by atoms with Crippen LogP contribution in [0.1, 0.15) is 18.4 Å². The summed E-state index contributed by atoms with van der Waals surface area (Å²) in [6.07, 6.45) is 1.76. The Morgan fingerprint density at radius 3 is 2.71 bits per heavy atom. The Kier molecular flexibility index (Phi) is 6.35. The zero-order valence-corrected chi connectivity index (χ0v) is 12.2. The van der Waals surface area contributed by atoms with Crippen molar-refractivity contribution in [3.8, 4) is 5.75 Å². The van der Waals surface area contributed by atoms with Gasteiger partial charge in [-0.15, -0.1) is 0 Å². The Morgan fingerprint density at radius 2 is 2.10 bits per heavy atom. The number of nitrogens with one attached hydrogen (secondary N) is 1. The van der Waals surface area contributed by atoms with Gasteiger partial charge < -0.3 is 19.5 Å². The maximum absolute atomic E-state index is 13.9. The Balaban J connectivity index is 1.89. The molecular weight excluding hydrogens is 280 g/mol. The summed E-state index contributed by atoms with van der Waals surface area (Å²) >= 11 is 0. The van der Waals surface area contributed by atoms with Crippen LogP contribution < -0.4 is 10.1 Å². The standard InChI is InChI=1S/C15H21F2NO3/c1-19-6-4-18-9-11-7-13(16)15(14(17)8-11)21-10-12-3-2-5-20-12/h7-8,12,18H,2-6,9-10H2,1H3. The molecule has 1 aliphatic heterocycles. The third kappa shape index (κ3) is 4.91. The third-order valence-electron chi connectivity index (χ3n) is 3.31. The summed E-state index contributed by atoms with van der Waals surface area (Å²) in [5, 5.41) is 3.03. The minimum absolute atomic E-state index is 0.0702.